The Hall–Kier alpha value is -1.07. The largest absolute Gasteiger partial charge is 0.416 e. The van der Waals surface area contributed by atoms with Crippen molar-refractivity contribution in [1.82, 2.24) is 5.32 Å². The van der Waals surface area contributed by atoms with Crippen LogP contribution in [0.1, 0.15) is 24.0 Å². The van der Waals surface area contributed by atoms with Crippen LogP contribution >= 0.6 is 0 Å². The van der Waals surface area contributed by atoms with Crippen LogP contribution in [0.2, 0.25) is 0 Å². The van der Waals surface area contributed by atoms with Crippen LogP contribution in [-0.4, -0.2) is 19.8 Å². The summed E-state index contributed by atoms with van der Waals surface area (Å²) in [5.41, 5.74) is 0.265. The Morgan fingerprint density at radius 3 is 2.53 bits per heavy atom. The van der Waals surface area contributed by atoms with Gasteiger partial charge in [0, 0.05) is 19.7 Å². The van der Waals surface area contributed by atoms with E-state index in [-0.39, 0.29) is 0 Å². The lowest BCUT2D eigenvalue weighted by atomic mass is 10.0. The molecule has 1 aromatic rings. The first-order chi connectivity index (χ1) is 9.05. The second-order valence-corrected chi connectivity index (χ2v) is 4.91. The number of nitrogens with one attached hydrogen (secondary N) is 1. The van der Waals surface area contributed by atoms with Gasteiger partial charge in [-0.3, -0.25) is 0 Å². The zero-order chi connectivity index (χ0) is 13.7. The van der Waals surface area contributed by atoms with Crippen molar-refractivity contribution < 1.29 is 17.9 Å². The fourth-order valence-corrected chi connectivity index (χ4v) is 2.20. The minimum absolute atomic E-state index is 0.517. The smallest absolute Gasteiger partial charge is 0.381 e. The Morgan fingerprint density at radius 2 is 1.95 bits per heavy atom. The standard InChI is InChI=1S/C14H18F3NO/c15-14(16,17)13-5-3-11(4-6-13)8-18-9-12-2-1-7-19-10-12/h3-6,12,18H,1-2,7-10H2. The molecule has 0 aromatic heterocycles. The molecular formula is C14H18F3NO. The molecule has 1 atom stereocenters. The van der Waals surface area contributed by atoms with E-state index in [2.05, 4.69) is 5.32 Å². The summed E-state index contributed by atoms with van der Waals surface area (Å²) in [7, 11) is 0. The maximum atomic E-state index is 12.4. The molecule has 1 unspecified atom stereocenters. The van der Waals surface area contributed by atoms with Gasteiger partial charge in [-0.05, 0) is 36.5 Å². The molecule has 0 radical (unpaired) electrons. The molecule has 1 saturated heterocycles. The lowest BCUT2D eigenvalue weighted by Crippen LogP contribution is -2.28. The molecule has 1 aromatic carbocycles. The second kappa shape index (κ2) is 6.39. The highest BCUT2D eigenvalue weighted by Crippen LogP contribution is 2.29. The van der Waals surface area contributed by atoms with Crippen molar-refractivity contribution in [1.29, 1.82) is 0 Å². The first-order valence-electron chi connectivity index (χ1n) is 6.50. The van der Waals surface area contributed by atoms with E-state index in [9.17, 15) is 13.2 Å². The van der Waals surface area contributed by atoms with E-state index in [4.69, 9.17) is 4.74 Å². The summed E-state index contributed by atoms with van der Waals surface area (Å²) in [4.78, 5) is 0. The normalized spacial score (nSPS) is 20.5. The number of ether oxygens (including phenoxy) is 1. The number of halogens is 3. The van der Waals surface area contributed by atoms with E-state index in [0.29, 0.717) is 12.5 Å². The van der Waals surface area contributed by atoms with Crippen LogP contribution in [0, 0.1) is 5.92 Å². The average Bonchev–Trinajstić information content (AvgIpc) is 2.39. The average molecular weight is 273 g/mol. The van der Waals surface area contributed by atoms with Crippen molar-refractivity contribution in [2.75, 3.05) is 19.8 Å². The van der Waals surface area contributed by atoms with Crippen LogP contribution in [0.5, 0.6) is 0 Å². The van der Waals surface area contributed by atoms with E-state index in [0.717, 1.165) is 50.3 Å². The van der Waals surface area contributed by atoms with Gasteiger partial charge in [-0.2, -0.15) is 13.2 Å². The van der Waals surface area contributed by atoms with Crippen molar-refractivity contribution in [2.45, 2.75) is 25.6 Å². The van der Waals surface area contributed by atoms with Crippen LogP contribution in [0.25, 0.3) is 0 Å². The summed E-state index contributed by atoms with van der Waals surface area (Å²) in [6.45, 7) is 3.06. The van der Waals surface area contributed by atoms with Crippen LogP contribution in [0.4, 0.5) is 13.2 Å². The second-order valence-electron chi connectivity index (χ2n) is 4.91. The molecule has 1 N–H and O–H groups in total. The van der Waals surface area contributed by atoms with Crippen molar-refractivity contribution in [3.8, 4) is 0 Å². The van der Waals surface area contributed by atoms with Gasteiger partial charge in [-0.1, -0.05) is 12.1 Å². The van der Waals surface area contributed by atoms with Crippen LogP contribution in [0.15, 0.2) is 24.3 Å². The van der Waals surface area contributed by atoms with Gasteiger partial charge in [0.25, 0.3) is 0 Å². The highest BCUT2D eigenvalue weighted by molar-refractivity contribution is 5.24. The van der Waals surface area contributed by atoms with Crippen molar-refractivity contribution in [2.24, 2.45) is 5.92 Å². The Bertz CT molecular complexity index is 383. The SMILES string of the molecule is FC(F)(F)c1ccc(CNCC2CCCOC2)cc1. The minimum Gasteiger partial charge on any atom is -0.381 e. The molecule has 1 fully saturated rings. The minimum atomic E-state index is -4.26. The molecule has 2 nitrogen and oxygen atoms in total. The third kappa shape index (κ3) is 4.51. The van der Waals surface area contributed by atoms with Crippen LogP contribution in [-0.2, 0) is 17.5 Å². The van der Waals surface area contributed by atoms with Gasteiger partial charge in [0.05, 0.1) is 12.2 Å². The summed E-state index contributed by atoms with van der Waals surface area (Å²) in [5.74, 6) is 0.517. The van der Waals surface area contributed by atoms with E-state index < -0.39 is 11.7 Å². The topological polar surface area (TPSA) is 21.3 Å². The van der Waals surface area contributed by atoms with Crippen molar-refractivity contribution in [3.63, 3.8) is 0 Å². The highest BCUT2D eigenvalue weighted by Gasteiger charge is 2.29. The molecule has 5 heteroatoms. The van der Waals surface area contributed by atoms with E-state index in [1.807, 2.05) is 0 Å². The number of benzene rings is 1. The predicted octanol–water partition coefficient (Wildman–Crippen LogP) is 3.22. The summed E-state index contributed by atoms with van der Waals surface area (Å²) in [5, 5.41) is 3.27. The molecule has 1 heterocycles. The zero-order valence-corrected chi connectivity index (χ0v) is 10.7. The molecular weight excluding hydrogens is 255 g/mol. The van der Waals surface area contributed by atoms with Gasteiger partial charge < -0.3 is 10.1 Å². The molecule has 2 rings (SSSR count). The molecule has 0 aliphatic carbocycles. The monoisotopic (exact) mass is 273 g/mol. The molecule has 0 saturated carbocycles. The summed E-state index contributed by atoms with van der Waals surface area (Å²) < 4.78 is 42.5. The third-order valence-corrected chi connectivity index (χ3v) is 3.30. The lowest BCUT2D eigenvalue weighted by Gasteiger charge is -2.22. The number of hydrogen-bond donors (Lipinski definition) is 1. The zero-order valence-electron chi connectivity index (χ0n) is 10.7. The molecule has 0 bridgehead atoms. The fourth-order valence-electron chi connectivity index (χ4n) is 2.20. The van der Waals surface area contributed by atoms with Gasteiger partial charge in [0.15, 0.2) is 0 Å². The van der Waals surface area contributed by atoms with Crippen molar-refractivity contribution >= 4 is 0 Å². The molecule has 19 heavy (non-hydrogen) atoms. The third-order valence-electron chi connectivity index (χ3n) is 3.30. The summed E-state index contributed by atoms with van der Waals surface area (Å²) in [6, 6.07) is 5.29. The van der Waals surface area contributed by atoms with Gasteiger partial charge in [0.1, 0.15) is 0 Å². The Morgan fingerprint density at radius 1 is 1.21 bits per heavy atom. The van der Waals surface area contributed by atoms with Crippen LogP contribution < -0.4 is 5.32 Å². The van der Waals surface area contributed by atoms with Gasteiger partial charge in [0.2, 0.25) is 0 Å². The number of rotatable bonds is 4. The quantitative estimate of drug-likeness (QED) is 0.909. The molecule has 106 valence electrons. The van der Waals surface area contributed by atoms with Gasteiger partial charge in [-0.25, -0.2) is 0 Å². The van der Waals surface area contributed by atoms with Crippen LogP contribution in [0.3, 0.4) is 0 Å². The Balaban J connectivity index is 1.76. The van der Waals surface area contributed by atoms with Crippen molar-refractivity contribution in [3.05, 3.63) is 35.4 Å². The van der Waals surface area contributed by atoms with E-state index in [1.165, 1.54) is 12.1 Å². The highest BCUT2D eigenvalue weighted by atomic mass is 19.4. The first-order valence-corrected chi connectivity index (χ1v) is 6.50. The van der Waals surface area contributed by atoms with E-state index in [1.54, 1.807) is 0 Å². The Labute approximate surface area is 111 Å². The van der Waals surface area contributed by atoms with E-state index >= 15 is 0 Å². The summed E-state index contributed by atoms with van der Waals surface area (Å²) >= 11 is 0. The fraction of sp³-hybridized carbons (Fsp3) is 0.571. The maximum Gasteiger partial charge on any atom is 0.416 e. The molecule has 1 aliphatic heterocycles. The Kier molecular flexibility index (Phi) is 4.82. The summed E-state index contributed by atoms with van der Waals surface area (Å²) in [6.07, 6.45) is -2.02. The number of alkyl halides is 3. The molecule has 0 spiro atoms. The predicted molar refractivity (Wildman–Crippen MR) is 66.7 cm³/mol. The number of hydrogen-bond acceptors (Lipinski definition) is 2. The first kappa shape index (κ1) is 14.3. The van der Waals surface area contributed by atoms with Gasteiger partial charge in [-0.15, -0.1) is 0 Å². The molecule has 0 amide bonds. The maximum absolute atomic E-state index is 12.4. The van der Waals surface area contributed by atoms with Gasteiger partial charge >= 0.3 is 6.18 Å². The lowest BCUT2D eigenvalue weighted by molar-refractivity contribution is -0.137. The molecule has 1 aliphatic rings.